The maximum Gasteiger partial charge on any atom is 0.277 e. The van der Waals surface area contributed by atoms with Crippen LogP contribution in [-0.4, -0.2) is 18.2 Å². The van der Waals surface area contributed by atoms with Crippen molar-refractivity contribution in [2.24, 2.45) is 5.10 Å². The molecule has 0 aliphatic rings. The summed E-state index contributed by atoms with van der Waals surface area (Å²) in [5.41, 5.74) is 4.20. The van der Waals surface area contributed by atoms with Gasteiger partial charge in [-0.3, -0.25) is 4.79 Å². The maximum atomic E-state index is 11.7. The van der Waals surface area contributed by atoms with E-state index < -0.39 is 0 Å². The minimum absolute atomic E-state index is 0.125. The number of rotatable bonds is 6. The number of nitrogens with one attached hydrogen (secondary N) is 1. The number of allylic oxidation sites excluding steroid dienone is 1. The predicted molar refractivity (Wildman–Crippen MR) is 93.7 cm³/mol. The number of hydrogen-bond acceptors (Lipinski definition) is 3. The van der Waals surface area contributed by atoms with Gasteiger partial charge < -0.3 is 4.74 Å². The Kier molecular flexibility index (Phi) is 6.39. The second-order valence-corrected chi connectivity index (χ2v) is 5.21. The molecule has 2 aromatic rings. The first-order valence-corrected chi connectivity index (χ1v) is 7.46. The van der Waals surface area contributed by atoms with E-state index in [2.05, 4.69) is 10.5 Å². The van der Waals surface area contributed by atoms with Crippen molar-refractivity contribution in [3.05, 3.63) is 71.3 Å². The maximum absolute atomic E-state index is 11.7. The molecule has 23 heavy (non-hydrogen) atoms. The first-order valence-electron chi connectivity index (χ1n) is 7.08. The molecule has 1 N–H and O–H groups in total. The Morgan fingerprint density at radius 2 is 2.00 bits per heavy atom. The molecule has 2 rings (SSSR count). The summed E-state index contributed by atoms with van der Waals surface area (Å²) in [5.74, 6) is 0.203. The Bertz CT molecular complexity index is 712. The molecule has 0 heterocycles. The molecule has 0 saturated heterocycles. The van der Waals surface area contributed by atoms with E-state index >= 15 is 0 Å². The molecule has 0 spiro atoms. The topological polar surface area (TPSA) is 50.7 Å². The minimum atomic E-state index is -0.336. The fraction of sp³-hybridized carbons (Fsp3) is 0.111. The molecular weight excluding hydrogens is 312 g/mol. The van der Waals surface area contributed by atoms with Crippen LogP contribution in [0.5, 0.6) is 5.75 Å². The quantitative estimate of drug-likeness (QED) is 0.645. The van der Waals surface area contributed by atoms with Crippen molar-refractivity contribution >= 4 is 29.3 Å². The summed E-state index contributed by atoms with van der Waals surface area (Å²) in [4.78, 5) is 11.7. The van der Waals surface area contributed by atoms with Gasteiger partial charge in [0.2, 0.25) is 0 Å². The third-order valence-electron chi connectivity index (χ3n) is 2.84. The van der Waals surface area contributed by atoms with Crippen LogP contribution in [0.1, 0.15) is 12.5 Å². The van der Waals surface area contributed by atoms with Crippen LogP contribution in [-0.2, 0) is 4.79 Å². The Hall–Kier alpha value is -2.59. The van der Waals surface area contributed by atoms with E-state index in [1.807, 2.05) is 42.5 Å². The SMILES string of the molecule is CC(/C=C/c1ccccc1)=N/NC(=O)COc1cccc(Cl)c1. The third kappa shape index (κ3) is 6.36. The molecule has 0 aliphatic heterocycles. The van der Waals surface area contributed by atoms with Crippen molar-refractivity contribution in [3.8, 4) is 5.75 Å². The monoisotopic (exact) mass is 328 g/mol. The van der Waals surface area contributed by atoms with Crippen molar-refractivity contribution in [2.45, 2.75) is 6.92 Å². The van der Waals surface area contributed by atoms with Crippen LogP contribution < -0.4 is 10.2 Å². The summed E-state index contributed by atoms with van der Waals surface area (Å²) in [6.07, 6.45) is 3.75. The van der Waals surface area contributed by atoms with Crippen LogP contribution in [0.4, 0.5) is 0 Å². The number of carbonyl (C=O) groups is 1. The molecule has 0 aromatic heterocycles. The van der Waals surface area contributed by atoms with Gasteiger partial charge in [-0.25, -0.2) is 5.43 Å². The Morgan fingerprint density at radius 1 is 1.22 bits per heavy atom. The van der Waals surface area contributed by atoms with Crippen molar-refractivity contribution in [1.82, 2.24) is 5.43 Å². The van der Waals surface area contributed by atoms with Crippen molar-refractivity contribution in [2.75, 3.05) is 6.61 Å². The van der Waals surface area contributed by atoms with Crippen molar-refractivity contribution < 1.29 is 9.53 Å². The number of nitrogens with zero attached hydrogens (tertiary/aromatic N) is 1. The number of ether oxygens (including phenoxy) is 1. The largest absolute Gasteiger partial charge is 0.484 e. The second kappa shape index (κ2) is 8.76. The lowest BCUT2D eigenvalue weighted by atomic mass is 10.2. The highest BCUT2D eigenvalue weighted by Gasteiger charge is 2.02. The fourth-order valence-corrected chi connectivity index (χ4v) is 1.89. The number of benzene rings is 2. The van der Waals surface area contributed by atoms with E-state index in [4.69, 9.17) is 16.3 Å². The molecular formula is C18H17ClN2O2. The van der Waals surface area contributed by atoms with Crippen molar-refractivity contribution in [3.63, 3.8) is 0 Å². The number of halogens is 1. The lowest BCUT2D eigenvalue weighted by Crippen LogP contribution is -2.25. The van der Waals surface area contributed by atoms with Gasteiger partial charge in [0.05, 0.1) is 5.71 Å². The van der Waals surface area contributed by atoms with Crippen LogP contribution in [0.25, 0.3) is 6.08 Å². The summed E-state index contributed by atoms with van der Waals surface area (Å²) in [5, 5.41) is 4.55. The van der Waals surface area contributed by atoms with Gasteiger partial charge in [-0.05, 0) is 36.8 Å². The lowest BCUT2D eigenvalue weighted by Gasteiger charge is -2.05. The fourth-order valence-electron chi connectivity index (χ4n) is 1.71. The summed E-state index contributed by atoms with van der Waals surface area (Å²) in [6.45, 7) is 1.68. The van der Waals surface area contributed by atoms with Gasteiger partial charge in [0.1, 0.15) is 5.75 Å². The molecule has 4 nitrogen and oxygen atoms in total. The molecule has 0 saturated carbocycles. The normalized spacial score (nSPS) is 11.5. The Balaban J connectivity index is 1.79. The molecule has 0 aliphatic carbocycles. The van der Waals surface area contributed by atoms with Crippen LogP contribution in [0, 0.1) is 0 Å². The van der Waals surface area contributed by atoms with E-state index in [-0.39, 0.29) is 12.5 Å². The smallest absolute Gasteiger partial charge is 0.277 e. The molecule has 0 radical (unpaired) electrons. The van der Waals surface area contributed by atoms with Crippen LogP contribution >= 0.6 is 11.6 Å². The molecule has 0 fully saturated rings. The summed E-state index contributed by atoms with van der Waals surface area (Å²) >= 11 is 5.84. The highest BCUT2D eigenvalue weighted by molar-refractivity contribution is 6.30. The van der Waals surface area contributed by atoms with E-state index in [0.717, 1.165) is 5.56 Å². The zero-order valence-electron chi connectivity index (χ0n) is 12.7. The molecule has 0 unspecified atom stereocenters. The molecule has 118 valence electrons. The first kappa shape index (κ1) is 16.8. The van der Waals surface area contributed by atoms with Crippen molar-refractivity contribution in [1.29, 1.82) is 0 Å². The van der Waals surface area contributed by atoms with Gasteiger partial charge in [0.15, 0.2) is 6.61 Å². The Labute approximate surface area is 140 Å². The predicted octanol–water partition coefficient (Wildman–Crippen LogP) is 3.92. The highest BCUT2D eigenvalue weighted by Crippen LogP contribution is 2.16. The molecule has 0 atom stereocenters. The van der Waals surface area contributed by atoms with Crippen LogP contribution in [0.2, 0.25) is 5.02 Å². The molecule has 0 bridgehead atoms. The first-order chi connectivity index (χ1) is 11.1. The summed E-state index contributed by atoms with van der Waals surface area (Å²) < 4.78 is 5.33. The molecule has 2 aromatic carbocycles. The summed E-state index contributed by atoms with van der Waals surface area (Å²) in [7, 11) is 0. The van der Waals surface area contributed by atoms with Gasteiger partial charge in [-0.1, -0.05) is 54.1 Å². The molecule has 5 heteroatoms. The number of amides is 1. The lowest BCUT2D eigenvalue weighted by molar-refractivity contribution is -0.123. The minimum Gasteiger partial charge on any atom is -0.484 e. The van der Waals surface area contributed by atoms with Gasteiger partial charge in [-0.15, -0.1) is 0 Å². The second-order valence-electron chi connectivity index (χ2n) is 4.78. The number of hydrazone groups is 1. The number of carbonyl (C=O) groups excluding carboxylic acids is 1. The average Bonchev–Trinajstić information content (AvgIpc) is 2.57. The third-order valence-corrected chi connectivity index (χ3v) is 3.07. The van der Waals surface area contributed by atoms with E-state index in [1.54, 1.807) is 31.2 Å². The highest BCUT2D eigenvalue weighted by atomic mass is 35.5. The summed E-state index contributed by atoms with van der Waals surface area (Å²) in [6, 6.07) is 16.7. The molecule has 1 amide bonds. The van der Waals surface area contributed by atoms with Gasteiger partial charge in [0.25, 0.3) is 5.91 Å². The zero-order chi connectivity index (χ0) is 16.5. The Morgan fingerprint density at radius 3 is 2.74 bits per heavy atom. The number of hydrogen-bond donors (Lipinski definition) is 1. The van der Waals surface area contributed by atoms with Gasteiger partial charge in [-0.2, -0.15) is 5.10 Å². The van der Waals surface area contributed by atoms with Gasteiger partial charge >= 0.3 is 0 Å². The van der Waals surface area contributed by atoms with E-state index in [9.17, 15) is 4.79 Å². The van der Waals surface area contributed by atoms with Crippen LogP contribution in [0.3, 0.4) is 0 Å². The average molecular weight is 329 g/mol. The van der Waals surface area contributed by atoms with E-state index in [1.165, 1.54) is 0 Å². The van der Waals surface area contributed by atoms with Crippen LogP contribution in [0.15, 0.2) is 65.8 Å². The van der Waals surface area contributed by atoms with Gasteiger partial charge in [0, 0.05) is 5.02 Å². The zero-order valence-corrected chi connectivity index (χ0v) is 13.5. The van der Waals surface area contributed by atoms with E-state index in [0.29, 0.717) is 16.5 Å². The standard InChI is InChI=1S/C18H17ClN2O2/c1-14(10-11-15-6-3-2-4-7-15)20-21-18(22)13-23-17-9-5-8-16(19)12-17/h2-12H,13H2,1H3,(H,21,22)/b11-10+,20-14-.